The topological polar surface area (TPSA) is 32.3 Å². The molecule has 22 heavy (non-hydrogen) atoms. The molecule has 0 spiro atoms. The van der Waals surface area contributed by atoms with Gasteiger partial charge in [-0.15, -0.1) is 0 Å². The van der Waals surface area contributed by atoms with E-state index in [9.17, 15) is 4.79 Å². The number of thioether (sulfide) groups is 1. The van der Waals surface area contributed by atoms with Gasteiger partial charge in [0.2, 0.25) is 5.91 Å². The van der Waals surface area contributed by atoms with E-state index in [2.05, 4.69) is 17.1 Å². The number of anilines is 1. The third-order valence-electron chi connectivity index (χ3n) is 4.25. The monoisotopic (exact) mass is 340 g/mol. The summed E-state index contributed by atoms with van der Waals surface area (Å²) in [6, 6.07) is 6.09. The van der Waals surface area contributed by atoms with Crippen LogP contribution in [-0.4, -0.2) is 41.4 Å². The zero-order valence-corrected chi connectivity index (χ0v) is 15.1. The molecule has 3 nitrogen and oxygen atoms in total. The molecule has 0 unspecified atom stereocenters. The van der Waals surface area contributed by atoms with Gasteiger partial charge in [0.05, 0.1) is 6.54 Å². The van der Waals surface area contributed by atoms with Crippen molar-refractivity contribution in [3.63, 3.8) is 0 Å². The molecule has 0 bridgehead atoms. The highest BCUT2D eigenvalue weighted by atomic mass is 35.5. The highest BCUT2D eigenvalue weighted by Crippen LogP contribution is 2.32. The first-order valence-corrected chi connectivity index (χ1v) is 9.30. The maximum absolute atomic E-state index is 12.2. The SMILES string of the molecule is CCS[C@@H]1CC[C@H](N(C)CC(=O)Nc2cc(Cl)ccc2C)C1. The number of aryl methyl sites for hydroxylation is 1. The molecule has 0 heterocycles. The highest BCUT2D eigenvalue weighted by Gasteiger charge is 2.28. The highest BCUT2D eigenvalue weighted by molar-refractivity contribution is 7.99. The van der Waals surface area contributed by atoms with Crippen LogP contribution in [0.15, 0.2) is 18.2 Å². The van der Waals surface area contributed by atoms with Crippen molar-refractivity contribution in [2.45, 2.75) is 44.4 Å². The average Bonchev–Trinajstić information content (AvgIpc) is 2.92. The first-order chi connectivity index (χ1) is 10.5. The largest absolute Gasteiger partial charge is 0.325 e. The Morgan fingerprint density at radius 1 is 1.45 bits per heavy atom. The number of carbonyl (C=O) groups is 1. The lowest BCUT2D eigenvalue weighted by molar-refractivity contribution is -0.117. The second-order valence-corrected chi connectivity index (χ2v) is 7.98. The lowest BCUT2D eigenvalue weighted by Crippen LogP contribution is -2.37. The molecule has 1 aromatic carbocycles. The van der Waals surface area contributed by atoms with Crippen LogP contribution in [0.5, 0.6) is 0 Å². The van der Waals surface area contributed by atoms with Gasteiger partial charge in [0.1, 0.15) is 0 Å². The molecular weight excluding hydrogens is 316 g/mol. The van der Waals surface area contributed by atoms with Crippen LogP contribution < -0.4 is 5.32 Å². The van der Waals surface area contributed by atoms with Crippen molar-refractivity contribution in [3.8, 4) is 0 Å². The molecule has 1 saturated carbocycles. The average molecular weight is 341 g/mol. The fourth-order valence-corrected chi connectivity index (χ4v) is 4.28. The predicted molar refractivity (Wildman–Crippen MR) is 97.0 cm³/mol. The Labute approximate surface area is 142 Å². The Morgan fingerprint density at radius 3 is 2.95 bits per heavy atom. The Hall–Kier alpha value is -0.710. The van der Waals surface area contributed by atoms with E-state index in [0.717, 1.165) is 16.5 Å². The number of nitrogens with one attached hydrogen (secondary N) is 1. The summed E-state index contributed by atoms with van der Waals surface area (Å²) in [5.41, 5.74) is 1.83. The first-order valence-electron chi connectivity index (χ1n) is 7.87. The van der Waals surface area contributed by atoms with Gasteiger partial charge in [-0.3, -0.25) is 9.69 Å². The van der Waals surface area contributed by atoms with Crippen LogP contribution in [0.25, 0.3) is 0 Å². The fraction of sp³-hybridized carbons (Fsp3) is 0.588. The van der Waals surface area contributed by atoms with Gasteiger partial charge in [-0.2, -0.15) is 11.8 Å². The standard InChI is InChI=1S/C17H25ClN2OS/c1-4-22-15-8-7-14(10-15)20(3)11-17(21)19-16-9-13(18)6-5-12(16)2/h5-6,9,14-15H,4,7-8,10-11H2,1-3H3,(H,19,21)/t14-,15+/m0/s1. The molecule has 1 aliphatic carbocycles. The summed E-state index contributed by atoms with van der Waals surface area (Å²) < 4.78 is 0. The van der Waals surface area contributed by atoms with E-state index in [1.165, 1.54) is 25.0 Å². The quantitative estimate of drug-likeness (QED) is 0.842. The summed E-state index contributed by atoms with van der Waals surface area (Å²) in [5.74, 6) is 1.20. The maximum atomic E-state index is 12.2. The molecule has 5 heteroatoms. The first kappa shape index (κ1) is 17.6. The summed E-state index contributed by atoms with van der Waals surface area (Å²) in [6.45, 7) is 4.61. The zero-order chi connectivity index (χ0) is 16.1. The summed E-state index contributed by atoms with van der Waals surface area (Å²) >= 11 is 8.03. The molecule has 1 amide bonds. The second kappa shape index (κ2) is 8.23. The van der Waals surface area contributed by atoms with Crippen molar-refractivity contribution >= 4 is 35.0 Å². The minimum Gasteiger partial charge on any atom is -0.325 e. The predicted octanol–water partition coefficient (Wildman–Crippen LogP) is 4.19. The molecule has 0 aromatic heterocycles. The van der Waals surface area contributed by atoms with Gasteiger partial charge < -0.3 is 5.32 Å². The second-order valence-electron chi connectivity index (χ2n) is 5.97. The normalized spacial score (nSPS) is 21.3. The zero-order valence-electron chi connectivity index (χ0n) is 13.6. The Balaban J connectivity index is 1.85. The lowest BCUT2D eigenvalue weighted by Gasteiger charge is -2.24. The van der Waals surface area contributed by atoms with Crippen LogP contribution in [0.3, 0.4) is 0 Å². The van der Waals surface area contributed by atoms with Crippen molar-refractivity contribution in [1.82, 2.24) is 4.90 Å². The van der Waals surface area contributed by atoms with Gasteiger partial charge in [0.15, 0.2) is 0 Å². The summed E-state index contributed by atoms with van der Waals surface area (Å²) in [7, 11) is 2.05. The van der Waals surface area contributed by atoms with Crippen LogP contribution in [0.1, 0.15) is 31.7 Å². The minimum absolute atomic E-state index is 0.0273. The van der Waals surface area contributed by atoms with Gasteiger partial charge in [-0.05, 0) is 56.7 Å². The fourth-order valence-electron chi connectivity index (χ4n) is 2.98. The van der Waals surface area contributed by atoms with E-state index < -0.39 is 0 Å². The number of halogens is 1. The van der Waals surface area contributed by atoms with Gasteiger partial charge >= 0.3 is 0 Å². The number of hydrogen-bond acceptors (Lipinski definition) is 3. The summed E-state index contributed by atoms with van der Waals surface area (Å²) in [5, 5.41) is 4.37. The Bertz CT molecular complexity index is 523. The molecule has 1 aliphatic rings. The van der Waals surface area contributed by atoms with Crippen LogP contribution >= 0.6 is 23.4 Å². The van der Waals surface area contributed by atoms with Crippen LogP contribution in [-0.2, 0) is 4.79 Å². The number of amides is 1. The van der Waals surface area contributed by atoms with Crippen LogP contribution in [0.4, 0.5) is 5.69 Å². The molecular formula is C17H25ClN2OS. The van der Waals surface area contributed by atoms with E-state index in [-0.39, 0.29) is 5.91 Å². The van der Waals surface area contributed by atoms with Crippen LogP contribution in [0.2, 0.25) is 5.02 Å². The van der Waals surface area contributed by atoms with Gasteiger partial charge in [0, 0.05) is 22.0 Å². The maximum Gasteiger partial charge on any atom is 0.238 e. The molecule has 0 radical (unpaired) electrons. The Morgan fingerprint density at radius 2 is 2.23 bits per heavy atom. The van der Waals surface area contributed by atoms with Gasteiger partial charge in [0.25, 0.3) is 0 Å². The van der Waals surface area contributed by atoms with Crippen molar-refractivity contribution in [3.05, 3.63) is 28.8 Å². The smallest absolute Gasteiger partial charge is 0.238 e. The third kappa shape index (κ3) is 4.90. The lowest BCUT2D eigenvalue weighted by atomic mass is 10.2. The third-order valence-corrected chi connectivity index (χ3v) is 5.72. The Kier molecular flexibility index (Phi) is 6.60. The van der Waals surface area contributed by atoms with Gasteiger partial charge in [-0.25, -0.2) is 0 Å². The number of rotatable bonds is 6. The van der Waals surface area contributed by atoms with Gasteiger partial charge in [-0.1, -0.05) is 24.6 Å². The van der Waals surface area contributed by atoms with E-state index >= 15 is 0 Å². The van der Waals surface area contributed by atoms with Crippen molar-refractivity contribution in [1.29, 1.82) is 0 Å². The molecule has 0 aliphatic heterocycles. The van der Waals surface area contributed by atoms with Crippen LogP contribution in [0, 0.1) is 6.92 Å². The number of hydrogen-bond donors (Lipinski definition) is 1. The van der Waals surface area contributed by atoms with Crippen molar-refractivity contribution in [2.24, 2.45) is 0 Å². The number of likely N-dealkylation sites (N-methyl/N-ethyl adjacent to an activating group) is 1. The number of nitrogens with zero attached hydrogens (tertiary/aromatic N) is 1. The number of benzene rings is 1. The van der Waals surface area contributed by atoms with E-state index in [1.807, 2.05) is 37.9 Å². The molecule has 122 valence electrons. The molecule has 2 atom stereocenters. The molecule has 2 rings (SSSR count). The summed E-state index contributed by atoms with van der Waals surface area (Å²) in [6.07, 6.45) is 3.65. The molecule has 1 N–H and O–H groups in total. The summed E-state index contributed by atoms with van der Waals surface area (Å²) in [4.78, 5) is 14.4. The van der Waals surface area contributed by atoms with Crippen molar-refractivity contribution < 1.29 is 4.79 Å². The van der Waals surface area contributed by atoms with E-state index in [1.54, 1.807) is 6.07 Å². The van der Waals surface area contributed by atoms with E-state index in [0.29, 0.717) is 17.6 Å². The number of carbonyl (C=O) groups excluding carboxylic acids is 1. The minimum atomic E-state index is 0.0273. The molecule has 0 saturated heterocycles. The van der Waals surface area contributed by atoms with Crippen molar-refractivity contribution in [2.75, 3.05) is 24.7 Å². The van der Waals surface area contributed by atoms with E-state index in [4.69, 9.17) is 11.6 Å². The molecule has 1 fully saturated rings. The molecule has 1 aromatic rings.